The van der Waals surface area contributed by atoms with E-state index in [-0.39, 0.29) is 17.4 Å². The van der Waals surface area contributed by atoms with E-state index in [0.717, 1.165) is 19.1 Å². The SMILES string of the molecule is Cn1nnc(-c2ccc(NS(C)(=O)=O)c(C3CC3)n2)c1NC(=O)O. The number of hydrogen-bond donors (Lipinski definition) is 3. The van der Waals surface area contributed by atoms with Crippen LogP contribution in [0.3, 0.4) is 0 Å². The number of rotatable bonds is 5. The summed E-state index contributed by atoms with van der Waals surface area (Å²) in [6.45, 7) is 0. The van der Waals surface area contributed by atoms with E-state index in [1.165, 1.54) is 4.68 Å². The molecule has 2 aromatic heterocycles. The van der Waals surface area contributed by atoms with E-state index >= 15 is 0 Å². The highest BCUT2D eigenvalue weighted by molar-refractivity contribution is 7.92. The minimum absolute atomic E-state index is 0.182. The van der Waals surface area contributed by atoms with Gasteiger partial charge >= 0.3 is 6.09 Å². The maximum absolute atomic E-state index is 11.5. The second-order valence-corrected chi connectivity index (χ2v) is 7.37. The molecule has 3 rings (SSSR count). The molecule has 1 aliphatic rings. The highest BCUT2D eigenvalue weighted by Gasteiger charge is 2.29. The number of pyridine rings is 1. The molecule has 2 heterocycles. The maximum Gasteiger partial charge on any atom is 0.410 e. The standard InChI is InChI=1S/C13H16N6O4S/c1-19-12(15-13(20)21)11(16-18-19)8-5-6-9(17-24(2,22)23)10(14-8)7-3-4-7/h5-7,15,17H,3-4H2,1-2H3,(H,20,21). The number of aryl methyl sites for hydroxylation is 1. The van der Waals surface area contributed by atoms with Gasteiger partial charge in [0.2, 0.25) is 10.0 Å². The Morgan fingerprint density at radius 1 is 1.38 bits per heavy atom. The van der Waals surface area contributed by atoms with Gasteiger partial charge in [0.1, 0.15) is 0 Å². The van der Waals surface area contributed by atoms with Gasteiger partial charge in [0.25, 0.3) is 0 Å². The van der Waals surface area contributed by atoms with Crippen LogP contribution < -0.4 is 10.0 Å². The minimum Gasteiger partial charge on any atom is -0.465 e. The van der Waals surface area contributed by atoms with Crippen molar-refractivity contribution >= 4 is 27.6 Å². The number of carbonyl (C=O) groups is 1. The molecule has 0 atom stereocenters. The van der Waals surface area contributed by atoms with Crippen molar-refractivity contribution in [1.82, 2.24) is 20.0 Å². The lowest BCUT2D eigenvalue weighted by molar-refractivity contribution is 0.209. The third-order valence-electron chi connectivity index (χ3n) is 3.48. The Bertz CT molecular complexity index is 903. The van der Waals surface area contributed by atoms with Crippen molar-refractivity contribution in [1.29, 1.82) is 0 Å². The van der Waals surface area contributed by atoms with Crippen LogP contribution in [0.1, 0.15) is 24.5 Å². The van der Waals surface area contributed by atoms with E-state index in [9.17, 15) is 13.2 Å². The van der Waals surface area contributed by atoms with Gasteiger partial charge in [-0.15, -0.1) is 5.10 Å². The summed E-state index contributed by atoms with van der Waals surface area (Å²) in [7, 11) is -1.86. The molecule has 0 saturated heterocycles. The normalized spacial score (nSPS) is 14.4. The average Bonchev–Trinajstić information content (AvgIpc) is 3.24. The maximum atomic E-state index is 11.5. The number of amides is 1. The predicted molar refractivity (Wildman–Crippen MR) is 86.3 cm³/mol. The zero-order chi connectivity index (χ0) is 17.5. The Morgan fingerprint density at radius 3 is 2.67 bits per heavy atom. The average molecular weight is 352 g/mol. The van der Waals surface area contributed by atoms with Crippen LogP contribution in [0, 0.1) is 0 Å². The molecular weight excluding hydrogens is 336 g/mol. The molecule has 0 bridgehead atoms. The molecule has 24 heavy (non-hydrogen) atoms. The van der Waals surface area contributed by atoms with Crippen molar-refractivity contribution in [2.75, 3.05) is 16.3 Å². The van der Waals surface area contributed by atoms with Crippen molar-refractivity contribution < 1.29 is 18.3 Å². The van der Waals surface area contributed by atoms with Crippen molar-refractivity contribution in [3.8, 4) is 11.4 Å². The van der Waals surface area contributed by atoms with Crippen LogP contribution in [-0.4, -0.2) is 45.9 Å². The monoisotopic (exact) mass is 352 g/mol. The number of nitrogens with zero attached hydrogens (tertiary/aromatic N) is 4. The number of sulfonamides is 1. The third kappa shape index (κ3) is 3.45. The number of aromatic nitrogens is 4. The van der Waals surface area contributed by atoms with E-state index in [1.807, 2.05) is 0 Å². The fourth-order valence-electron chi connectivity index (χ4n) is 2.33. The largest absolute Gasteiger partial charge is 0.465 e. The van der Waals surface area contributed by atoms with E-state index in [0.29, 0.717) is 17.1 Å². The van der Waals surface area contributed by atoms with Crippen LogP contribution in [0.5, 0.6) is 0 Å². The molecular formula is C13H16N6O4S. The molecule has 1 saturated carbocycles. The second kappa shape index (κ2) is 5.74. The fourth-order valence-corrected chi connectivity index (χ4v) is 2.90. The number of hydrogen-bond acceptors (Lipinski definition) is 6. The van der Waals surface area contributed by atoms with Crippen molar-refractivity contribution in [2.45, 2.75) is 18.8 Å². The first-order chi connectivity index (χ1) is 11.2. The summed E-state index contributed by atoms with van der Waals surface area (Å²) >= 11 is 0. The topological polar surface area (TPSA) is 139 Å². The first-order valence-electron chi connectivity index (χ1n) is 7.13. The first-order valence-corrected chi connectivity index (χ1v) is 9.02. The summed E-state index contributed by atoms with van der Waals surface area (Å²) in [6.07, 6.45) is 1.69. The minimum atomic E-state index is -3.41. The van der Waals surface area contributed by atoms with Crippen LogP contribution >= 0.6 is 0 Å². The molecule has 0 radical (unpaired) electrons. The van der Waals surface area contributed by atoms with Crippen LogP contribution in [-0.2, 0) is 17.1 Å². The molecule has 0 spiro atoms. The lowest BCUT2D eigenvalue weighted by atomic mass is 10.1. The molecule has 0 unspecified atom stereocenters. The predicted octanol–water partition coefficient (Wildman–Crippen LogP) is 1.22. The van der Waals surface area contributed by atoms with E-state index < -0.39 is 16.1 Å². The Morgan fingerprint density at radius 2 is 2.08 bits per heavy atom. The lowest BCUT2D eigenvalue weighted by Gasteiger charge is -2.11. The van der Waals surface area contributed by atoms with Gasteiger partial charge in [-0.3, -0.25) is 10.0 Å². The quantitative estimate of drug-likeness (QED) is 0.735. The van der Waals surface area contributed by atoms with Gasteiger partial charge in [0.05, 0.1) is 23.3 Å². The molecule has 0 aliphatic heterocycles. The summed E-state index contributed by atoms with van der Waals surface area (Å²) in [6, 6.07) is 3.19. The van der Waals surface area contributed by atoms with Crippen LogP contribution in [0.4, 0.5) is 16.3 Å². The van der Waals surface area contributed by atoms with E-state index in [1.54, 1.807) is 19.2 Å². The summed E-state index contributed by atoms with van der Waals surface area (Å²) < 4.78 is 26.7. The van der Waals surface area contributed by atoms with Crippen molar-refractivity contribution in [3.63, 3.8) is 0 Å². The second-order valence-electron chi connectivity index (χ2n) is 5.62. The molecule has 0 aromatic carbocycles. The van der Waals surface area contributed by atoms with Gasteiger partial charge in [0, 0.05) is 13.0 Å². The first kappa shape index (κ1) is 16.2. The van der Waals surface area contributed by atoms with E-state index in [2.05, 4.69) is 25.3 Å². The highest BCUT2D eigenvalue weighted by atomic mass is 32.2. The zero-order valence-electron chi connectivity index (χ0n) is 13.0. The van der Waals surface area contributed by atoms with Crippen molar-refractivity contribution in [3.05, 3.63) is 17.8 Å². The molecule has 2 aromatic rings. The zero-order valence-corrected chi connectivity index (χ0v) is 13.8. The van der Waals surface area contributed by atoms with Gasteiger partial charge in [-0.05, 0) is 25.0 Å². The summed E-state index contributed by atoms with van der Waals surface area (Å²) in [4.78, 5) is 15.4. The summed E-state index contributed by atoms with van der Waals surface area (Å²) in [5.74, 6) is 0.377. The van der Waals surface area contributed by atoms with Crippen LogP contribution in [0.2, 0.25) is 0 Å². The number of nitrogens with one attached hydrogen (secondary N) is 2. The molecule has 1 aliphatic carbocycles. The fraction of sp³-hybridized carbons (Fsp3) is 0.385. The van der Waals surface area contributed by atoms with Gasteiger partial charge in [-0.25, -0.2) is 22.9 Å². The van der Waals surface area contributed by atoms with Gasteiger partial charge in [-0.1, -0.05) is 5.21 Å². The van der Waals surface area contributed by atoms with E-state index in [4.69, 9.17) is 5.11 Å². The number of carboxylic acid groups (broad SMARTS) is 1. The van der Waals surface area contributed by atoms with Gasteiger partial charge in [0.15, 0.2) is 11.5 Å². The summed E-state index contributed by atoms with van der Waals surface area (Å²) in [5, 5.41) is 18.9. The Labute approximate surface area is 138 Å². The summed E-state index contributed by atoms with van der Waals surface area (Å²) in [5.41, 5.74) is 1.77. The molecule has 128 valence electrons. The van der Waals surface area contributed by atoms with Crippen LogP contribution in [0.15, 0.2) is 12.1 Å². The smallest absolute Gasteiger partial charge is 0.410 e. The van der Waals surface area contributed by atoms with Gasteiger partial charge < -0.3 is 5.11 Å². The van der Waals surface area contributed by atoms with Crippen LogP contribution in [0.25, 0.3) is 11.4 Å². The third-order valence-corrected chi connectivity index (χ3v) is 4.07. The molecule has 1 fully saturated rings. The molecule has 3 N–H and O–H groups in total. The molecule has 11 heteroatoms. The Balaban J connectivity index is 2.04. The Hall–Kier alpha value is -2.69. The van der Waals surface area contributed by atoms with Gasteiger partial charge in [-0.2, -0.15) is 0 Å². The van der Waals surface area contributed by atoms with Crippen molar-refractivity contribution in [2.24, 2.45) is 7.05 Å². The molecule has 1 amide bonds. The molecule has 10 nitrogen and oxygen atoms in total. The number of anilines is 2. The highest BCUT2D eigenvalue weighted by Crippen LogP contribution is 2.43. The Kier molecular flexibility index (Phi) is 3.87. The lowest BCUT2D eigenvalue weighted by Crippen LogP contribution is -2.13.